The SMILES string of the molecule is O=c1oc2ccc(O)cc2cc1-c1ccccc1Br. The monoisotopic (exact) mass is 316 g/mol. The first kappa shape index (κ1) is 12.0. The summed E-state index contributed by atoms with van der Waals surface area (Å²) in [6.45, 7) is 0. The number of aromatic hydroxyl groups is 1. The molecule has 0 radical (unpaired) electrons. The quantitative estimate of drug-likeness (QED) is 0.692. The Kier molecular flexibility index (Phi) is 2.87. The van der Waals surface area contributed by atoms with E-state index in [0.29, 0.717) is 16.5 Å². The molecule has 4 heteroatoms. The average molecular weight is 317 g/mol. The predicted octanol–water partition coefficient (Wildman–Crippen LogP) is 3.93. The summed E-state index contributed by atoms with van der Waals surface area (Å²) in [6, 6.07) is 13.8. The molecular formula is C15H9BrO3. The maximum Gasteiger partial charge on any atom is 0.344 e. The molecule has 1 aromatic heterocycles. The van der Waals surface area contributed by atoms with Gasteiger partial charge >= 0.3 is 5.63 Å². The van der Waals surface area contributed by atoms with Crippen molar-refractivity contribution in [3.63, 3.8) is 0 Å². The van der Waals surface area contributed by atoms with E-state index >= 15 is 0 Å². The summed E-state index contributed by atoms with van der Waals surface area (Å²) < 4.78 is 6.09. The fourth-order valence-electron chi connectivity index (χ4n) is 1.98. The summed E-state index contributed by atoms with van der Waals surface area (Å²) in [7, 11) is 0. The smallest absolute Gasteiger partial charge is 0.344 e. The van der Waals surface area contributed by atoms with Gasteiger partial charge in [-0.05, 0) is 30.3 Å². The largest absolute Gasteiger partial charge is 0.508 e. The van der Waals surface area contributed by atoms with Crippen molar-refractivity contribution in [1.82, 2.24) is 0 Å². The van der Waals surface area contributed by atoms with E-state index in [-0.39, 0.29) is 5.75 Å². The van der Waals surface area contributed by atoms with E-state index in [1.54, 1.807) is 18.2 Å². The molecule has 0 aliphatic heterocycles. The molecule has 94 valence electrons. The molecule has 0 bridgehead atoms. The van der Waals surface area contributed by atoms with Crippen LogP contribution in [-0.4, -0.2) is 5.11 Å². The Morgan fingerprint density at radius 1 is 1.00 bits per heavy atom. The molecule has 0 spiro atoms. The Morgan fingerprint density at radius 3 is 2.58 bits per heavy atom. The number of hydrogen-bond donors (Lipinski definition) is 1. The summed E-state index contributed by atoms with van der Waals surface area (Å²) in [5.41, 5.74) is 1.29. The lowest BCUT2D eigenvalue weighted by atomic mass is 10.1. The summed E-state index contributed by atoms with van der Waals surface area (Å²) in [5.74, 6) is 0.138. The second-order valence-electron chi connectivity index (χ2n) is 4.15. The summed E-state index contributed by atoms with van der Waals surface area (Å²) in [5, 5.41) is 10.2. The first-order valence-electron chi connectivity index (χ1n) is 5.67. The molecule has 0 amide bonds. The van der Waals surface area contributed by atoms with Crippen molar-refractivity contribution in [3.8, 4) is 16.9 Å². The number of phenolic OH excluding ortho intramolecular Hbond substituents is 1. The Labute approximate surface area is 117 Å². The number of fused-ring (bicyclic) bond motifs is 1. The molecule has 0 aliphatic carbocycles. The van der Waals surface area contributed by atoms with Crippen LogP contribution in [0.1, 0.15) is 0 Å². The number of halogens is 1. The standard InChI is InChI=1S/C15H9BrO3/c16-13-4-2-1-3-11(13)12-8-9-7-10(17)5-6-14(9)19-15(12)18/h1-8,17H. The second kappa shape index (κ2) is 4.55. The molecule has 1 heterocycles. The van der Waals surface area contributed by atoms with Crippen molar-refractivity contribution in [2.75, 3.05) is 0 Å². The highest BCUT2D eigenvalue weighted by Crippen LogP contribution is 2.28. The van der Waals surface area contributed by atoms with Gasteiger partial charge in [-0.1, -0.05) is 34.1 Å². The van der Waals surface area contributed by atoms with E-state index in [1.807, 2.05) is 24.3 Å². The van der Waals surface area contributed by atoms with Crippen LogP contribution < -0.4 is 5.63 Å². The van der Waals surface area contributed by atoms with E-state index in [0.717, 1.165) is 10.0 Å². The zero-order valence-electron chi connectivity index (χ0n) is 9.76. The Hall–Kier alpha value is -2.07. The highest BCUT2D eigenvalue weighted by atomic mass is 79.9. The molecule has 1 N–H and O–H groups in total. The number of benzene rings is 2. The molecule has 19 heavy (non-hydrogen) atoms. The minimum atomic E-state index is -0.398. The van der Waals surface area contributed by atoms with Gasteiger partial charge in [-0.25, -0.2) is 4.79 Å². The number of phenols is 1. The van der Waals surface area contributed by atoms with E-state index in [1.165, 1.54) is 6.07 Å². The molecule has 0 saturated carbocycles. The summed E-state index contributed by atoms with van der Waals surface area (Å²) in [4.78, 5) is 12.0. The molecule has 0 aliphatic rings. The number of hydrogen-bond acceptors (Lipinski definition) is 3. The van der Waals surface area contributed by atoms with Crippen LogP contribution in [-0.2, 0) is 0 Å². The van der Waals surface area contributed by atoms with Crippen LogP contribution in [0.3, 0.4) is 0 Å². The van der Waals surface area contributed by atoms with Gasteiger partial charge in [0.05, 0.1) is 5.56 Å². The fraction of sp³-hybridized carbons (Fsp3) is 0. The van der Waals surface area contributed by atoms with Crippen molar-refractivity contribution in [2.24, 2.45) is 0 Å². The minimum Gasteiger partial charge on any atom is -0.508 e. The van der Waals surface area contributed by atoms with Crippen LogP contribution in [0.15, 0.2) is 62.2 Å². The Morgan fingerprint density at radius 2 is 1.79 bits per heavy atom. The first-order valence-corrected chi connectivity index (χ1v) is 6.46. The normalized spacial score (nSPS) is 10.8. The maximum atomic E-state index is 12.0. The Balaban J connectivity index is 2.33. The van der Waals surface area contributed by atoms with E-state index in [9.17, 15) is 9.90 Å². The van der Waals surface area contributed by atoms with Crippen molar-refractivity contribution in [3.05, 3.63) is 63.4 Å². The molecule has 3 aromatic rings. The zero-order chi connectivity index (χ0) is 13.4. The third-order valence-corrected chi connectivity index (χ3v) is 3.57. The van der Waals surface area contributed by atoms with Crippen LogP contribution in [0.5, 0.6) is 5.75 Å². The van der Waals surface area contributed by atoms with Gasteiger partial charge in [0.25, 0.3) is 0 Å². The summed E-state index contributed by atoms with van der Waals surface area (Å²) in [6.07, 6.45) is 0. The first-order chi connectivity index (χ1) is 9.15. The molecule has 2 aromatic carbocycles. The highest BCUT2D eigenvalue weighted by molar-refractivity contribution is 9.10. The highest BCUT2D eigenvalue weighted by Gasteiger charge is 2.10. The van der Waals surface area contributed by atoms with Crippen molar-refractivity contribution < 1.29 is 9.52 Å². The fourth-order valence-corrected chi connectivity index (χ4v) is 2.48. The molecule has 0 fully saturated rings. The van der Waals surface area contributed by atoms with Gasteiger partial charge in [-0.3, -0.25) is 0 Å². The third-order valence-electron chi connectivity index (χ3n) is 2.88. The van der Waals surface area contributed by atoms with Crippen LogP contribution in [0.4, 0.5) is 0 Å². The van der Waals surface area contributed by atoms with Gasteiger partial charge in [0.15, 0.2) is 0 Å². The van der Waals surface area contributed by atoms with Crippen LogP contribution >= 0.6 is 15.9 Å². The van der Waals surface area contributed by atoms with Crippen molar-refractivity contribution >= 4 is 26.9 Å². The van der Waals surface area contributed by atoms with Crippen LogP contribution in [0.25, 0.3) is 22.1 Å². The van der Waals surface area contributed by atoms with Gasteiger partial charge in [-0.2, -0.15) is 0 Å². The van der Waals surface area contributed by atoms with Gasteiger partial charge in [0.1, 0.15) is 11.3 Å². The number of rotatable bonds is 1. The lowest BCUT2D eigenvalue weighted by Crippen LogP contribution is -2.02. The van der Waals surface area contributed by atoms with E-state index in [4.69, 9.17) is 4.42 Å². The minimum absolute atomic E-state index is 0.138. The molecular weight excluding hydrogens is 308 g/mol. The maximum absolute atomic E-state index is 12.0. The molecule has 0 saturated heterocycles. The van der Waals surface area contributed by atoms with Gasteiger partial charge < -0.3 is 9.52 Å². The van der Waals surface area contributed by atoms with Gasteiger partial charge in [0.2, 0.25) is 0 Å². The van der Waals surface area contributed by atoms with Crippen LogP contribution in [0.2, 0.25) is 0 Å². The zero-order valence-corrected chi connectivity index (χ0v) is 11.3. The summed E-state index contributed by atoms with van der Waals surface area (Å²) >= 11 is 3.42. The van der Waals surface area contributed by atoms with Gasteiger partial charge in [-0.15, -0.1) is 0 Å². The molecule has 3 nitrogen and oxygen atoms in total. The third kappa shape index (κ3) is 2.15. The topological polar surface area (TPSA) is 50.4 Å². The molecule has 0 atom stereocenters. The Bertz CT molecular complexity index is 821. The lowest BCUT2D eigenvalue weighted by molar-refractivity contribution is 0.475. The van der Waals surface area contributed by atoms with Crippen molar-refractivity contribution in [1.29, 1.82) is 0 Å². The van der Waals surface area contributed by atoms with Gasteiger partial charge in [0, 0.05) is 15.4 Å². The predicted molar refractivity (Wildman–Crippen MR) is 77.3 cm³/mol. The lowest BCUT2D eigenvalue weighted by Gasteiger charge is -2.04. The molecule has 3 rings (SSSR count). The second-order valence-corrected chi connectivity index (χ2v) is 5.00. The van der Waals surface area contributed by atoms with E-state index in [2.05, 4.69) is 15.9 Å². The van der Waals surface area contributed by atoms with Crippen molar-refractivity contribution in [2.45, 2.75) is 0 Å². The average Bonchev–Trinajstić information content (AvgIpc) is 2.39. The van der Waals surface area contributed by atoms with Crippen LogP contribution in [0, 0.1) is 0 Å². The molecule has 0 unspecified atom stereocenters. The van der Waals surface area contributed by atoms with E-state index < -0.39 is 5.63 Å².